The second-order valence-corrected chi connectivity index (χ2v) is 3.27. The van der Waals surface area contributed by atoms with Crippen molar-refractivity contribution < 1.29 is 19.4 Å². The topological polar surface area (TPSA) is 79.7 Å². The molecular formula is C10H12N2O4. The highest BCUT2D eigenvalue weighted by molar-refractivity contribution is 5.93. The number of hydrogen-bond acceptors (Lipinski definition) is 4. The monoisotopic (exact) mass is 224 g/mol. The van der Waals surface area contributed by atoms with Crippen LogP contribution in [0.5, 0.6) is 5.88 Å². The Labute approximate surface area is 92.5 Å². The van der Waals surface area contributed by atoms with Crippen LogP contribution in [-0.2, 0) is 4.79 Å². The number of rotatable bonds is 4. The second kappa shape index (κ2) is 5.11. The van der Waals surface area contributed by atoms with Crippen molar-refractivity contribution in [2.24, 2.45) is 0 Å². The molecule has 1 N–H and O–H groups in total. The summed E-state index contributed by atoms with van der Waals surface area (Å²) in [7, 11) is 3.27. The Morgan fingerprint density at radius 2 is 2.12 bits per heavy atom. The van der Waals surface area contributed by atoms with E-state index in [0.717, 1.165) is 0 Å². The van der Waals surface area contributed by atoms with Crippen molar-refractivity contribution in [3.63, 3.8) is 0 Å². The highest BCUT2D eigenvalue weighted by Gasteiger charge is 2.08. The van der Waals surface area contributed by atoms with Crippen LogP contribution in [-0.4, -0.2) is 47.6 Å². The number of aromatic nitrogens is 1. The first-order chi connectivity index (χ1) is 7.50. The van der Waals surface area contributed by atoms with E-state index in [1.165, 1.54) is 23.2 Å². The van der Waals surface area contributed by atoms with E-state index < -0.39 is 12.6 Å². The van der Waals surface area contributed by atoms with Crippen molar-refractivity contribution in [2.45, 2.75) is 0 Å². The minimum Gasteiger partial charge on any atom is -0.479 e. The van der Waals surface area contributed by atoms with E-state index in [-0.39, 0.29) is 11.8 Å². The first-order valence-corrected chi connectivity index (χ1v) is 4.53. The maximum Gasteiger partial charge on any atom is 0.341 e. The fraction of sp³-hybridized carbons (Fsp3) is 0.300. The minimum atomic E-state index is -1.07. The van der Waals surface area contributed by atoms with Crippen LogP contribution >= 0.6 is 0 Å². The van der Waals surface area contributed by atoms with Gasteiger partial charge in [-0.2, -0.15) is 0 Å². The van der Waals surface area contributed by atoms with Gasteiger partial charge < -0.3 is 14.7 Å². The van der Waals surface area contributed by atoms with Crippen LogP contribution in [0.3, 0.4) is 0 Å². The van der Waals surface area contributed by atoms with E-state index in [1.807, 2.05) is 0 Å². The zero-order valence-electron chi connectivity index (χ0n) is 9.01. The van der Waals surface area contributed by atoms with Crippen LogP contribution < -0.4 is 4.74 Å². The summed E-state index contributed by atoms with van der Waals surface area (Å²) >= 11 is 0. The Kier molecular flexibility index (Phi) is 3.82. The molecule has 1 aromatic rings. The number of aliphatic carboxylic acids is 1. The lowest BCUT2D eigenvalue weighted by Crippen LogP contribution is -2.21. The van der Waals surface area contributed by atoms with E-state index in [2.05, 4.69) is 4.98 Å². The van der Waals surface area contributed by atoms with E-state index in [0.29, 0.717) is 5.56 Å². The summed E-state index contributed by atoms with van der Waals surface area (Å²) < 4.78 is 4.83. The van der Waals surface area contributed by atoms with Gasteiger partial charge in [0.15, 0.2) is 6.61 Å². The van der Waals surface area contributed by atoms with Gasteiger partial charge in [0, 0.05) is 26.4 Å². The number of carboxylic acids is 1. The van der Waals surface area contributed by atoms with Crippen molar-refractivity contribution in [3.05, 3.63) is 23.9 Å². The van der Waals surface area contributed by atoms with Crippen molar-refractivity contribution in [1.29, 1.82) is 0 Å². The largest absolute Gasteiger partial charge is 0.479 e. The van der Waals surface area contributed by atoms with Gasteiger partial charge >= 0.3 is 5.97 Å². The summed E-state index contributed by atoms with van der Waals surface area (Å²) in [5, 5.41) is 8.38. The average molecular weight is 224 g/mol. The molecule has 0 aliphatic carbocycles. The Morgan fingerprint density at radius 3 is 2.56 bits per heavy atom. The van der Waals surface area contributed by atoms with Crippen LogP contribution in [0.2, 0.25) is 0 Å². The standard InChI is InChI=1S/C10H12N2O4/c1-12(2)10(15)7-3-4-8(11-5-7)16-6-9(13)14/h3-5H,6H2,1-2H3,(H,13,14). The summed E-state index contributed by atoms with van der Waals surface area (Å²) in [6.45, 7) is -0.450. The fourth-order valence-electron chi connectivity index (χ4n) is 0.986. The zero-order chi connectivity index (χ0) is 12.1. The van der Waals surface area contributed by atoms with Gasteiger partial charge in [-0.05, 0) is 6.07 Å². The lowest BCUT2D eigenvalue weighted by molar-refractivity contribution is -0.139. The number of carboxylic acid groups (broad SMARTS) is 1. The fourth-order valence-corrected chi connectivity index (χ4v) is 0.986. The average Bonchev–Trinajstić information content (AvgIpc) is 2.26. The van der Waals surface area contributed by atoms with E-state index in [4.69, 9.17) is 9.84 Å². The van der Waals surface area contributed by atoms with Gasteiger partial charge in [-0.15, -0.1) is 0 Å². The molecule has 0 bridgehead atoms. The third-order valence-electron chi connectivity index (χ3n) is 1.73. The number of nitrogens with zero attached hydrogens (tertiary/aromatic N) is 2. The molecule has 1 heterocycles. The Morgan fingerprint density at radius 1 is 1.44 bits per heavy atom. The van der Waals surface area contributed by atoms with Gasteiger partial charge in [-0.1, -0.05) is 0 Å². The first-order valence-electron chi connectivity index (χ1n) is 4.53. The normalized spacial score (nSPS) is 9.62. The maximum atomic E-state index is 11.5. The molecule has 16 heavy (non-hydrogen) atoms. The van der Waals surface area contributed by atoms with Crippen LogP contribution in [0, 0.1) is 0 Å². The molecule has 0 unspecified atom stereocenters. The van der Waals surface area contributed by atoms with E-state index in [1.54, 1.807) is 14.1 Å². The van der Waals surface area contributed by atoms with Crippen LogP contribution in [0.1, 0.15) is 10.4 Å². The lowest BCUT2D eigenvalue weighted by atomic mass is 10.2. The smallest absolute Gasteiger partial charge is 0.341 e. The quantitative estimate of drug-likeness (QED) is 0.792. The molecule has 1 amide bonds. The summed E-state index contributed by atoms with van der Waals surface area (Å²) in [5.74, 6) is -1.06. The van der Waals surface area contributed by atoms with Gasteiger partial charge in [-0.3, -0.25) is 4.79 Å². The van der Waals surface area contributed by atoms with Crippen LogP contribution in [0.4, 0.5) is 0 Å². The third-order valence-corrected chi connectivity index (χ3v) is 1.73. The molecule has 0 atom stereocenters. The molecule has 0 aliphatic heterocycles. The molecule has 0 fully saturated rings. The Hall–Kier alpha value is -2.11. The van der Waals surface area contributed by atoms with E-state index >= 15 is 0 Å². The minimum absolute atomic E-state index is 0.169. The molecule has 0 aromatic carbocycles. The summed E-state index contributed by atoms with van der Waals surface area (Å²) in [6.07, 6.45) is 1.35. The number of carbonyl (C=O) groups is 2. The third kappa shape index (κ3) is 3.23. The van der Waals surface area contributed by atoms with Crippen molar-refractivity contribution in [1.82, 2.24) is 9.88 Å². The number of carbonyl (C=O) groups excluding carboxylic acids is 1. The highest BCUT2D eigenvalue weighted by atomic mass is 16.5. The molecule has 0 radical (unpaired) electrons. The number of amides is 1. The Bertz CT molecular complexity index is 386. The zero-order valence-corrected chi connectivity index (χ0v) is 9.01. The van der Waals surface area contributed by atoms with Crippen molar-refractivity contribution in [2.75, 3.05) is 20.7 Å². The van der Waals surface area contributed by atoms with Crippen molar-refractivity contribution >= 4 is 11.9 Å². The lowest BCUT2D eigenvalue weighted by Gasteiger charge is -2.09. The van der Waals surface area contributed by atoms with Crippen molar-refractivity contribution in [3.8, 4) is 5.88 Å². The summed E-state index contributed by atoms with van der Waals surface area (Å²) in [4.78, 5) is 26.9. The summed E-state index contributed by atoms with van der Waals surface area (Å²) in [5.41, 5.74) is 0.424. The molecule has 1 aromatic heterocycles. The number of hydrogen-bond donors (Lipinski definition) is 1. The van der Waals surface area contributed by atoms with Gasteiger partial charge in [0.2, 0.25) is 5.88 Å². The van der Waals surface area contributed by atoms with Gasteiger partial charge in [-0.25, -0.2) is 9.78 Å². The maximum absolute atomic E-state index is 11.5. The molecule has 86 valence electrons. The van der Waals surface area contributed by atoms with Crippen LogP contribution in [0.15, 0.2) is 18.3 Å². The van der Waals surface area contributed by atoms with Gasteiger partial charge in [0.05, 0.1) is 5.56 Å². The van der Waals surface area contributed by atoms with Gasteiger partial charge in [0.25, 0.3) is 5.91 Å². The molecule has 1 rings (SSSR count). The summed E-state index contributed by atoms with van der Waals surface area (Å²) in [6, 6.07) is 2.99. The molecule has 6 nitrogen and oxygen atoms in total. The highest BCUT2D eigenvalue weighted by Crippen LogP contribution is 2.08. The Balaban J connectivity index is 2.68. The SMILES string of the molecule is CN(C)C(=O)c1ccc(OCC(=O)O)nc1. The molecule has 0 saturated carbocycles. The number of ether oxygens (including phenoxy) is 1. The first kappa shape index (κ1) is 12.0. The number of pyridine rings is 1. The predicted octanol–water partition coefficient (Wildman–Crippen LogP) is 0.247. The predicted molar refractivity (Wildman–Crippen MR) is 55.4 cm³/mol. The van der Waals surface area contributed by atoms with Gasteiger partial charge in [0.1, 0.15) is 0 Å². The van der Waals surface area contributed by atoms with E-state index in [9.17, 15) is 9.59 Å². The second-order valence-electron chi connectivity index (χ2n) is 3.27. The molecule has 0 aliphatic rings. The molecule has 0 spiro atoms. The molecular weight excluding hydrogens is 212 g/mol. The molecule has 6 heteroatoms. The molecule has 0 saturated heterocycles. The van der Waals surface area contributed by atoms with Crippen LogP contribution in [0.25, 0.3) is 0 Å².